The first-order chi connectivity index (χ1) is 6.79. The highest BCUT2D eigenvalue weighted by atomic mass is 16.5. The zero-order valence-corrected chi connectivity index (χ0v) is 8.94. The molecule has 0 N–H and O–H groups in total. The second-order valence-electron chi connectivity index (χ2n) is 3.39. The number of hydrogen-bond donors (Lipinski definition) is 0. The second kappa shape index (κ2) is 6.51. The minimum absolute atomic E-state index is 0.913. The highest BCUT2D eigenvalue weighted by Gasteiger charge is 2.02. The van der Waals surface area contributed by atoms with Gasteiger partial charge in [0.25, 0.3) is 0 Å². The van der Waals surface area contributed by atoms with E-state index in [1.54, 1.807) is 6.20 Å². The smallest absolute Gasteiger partial charge is 0.0594 e. The largest absolute Gasteiger partial charge is 0.379 e. The molecule has 1 aliphatic heterocycles. The van der Waals surface area contributed by atoms with Crippen LogP contribution in [0.15, 0.2) is 24.4 Å². The average Bonchev–Trinajstić information content (AvgIpc) is 2.21. The molecular weight excluding hydrogens is 176 g/mol. The van der Waals surface area contributed by atoms with Crippen LogP contribution >= 0.6 is 0 Å². The van der Waals surface area contributed by atoms with Gasteiger partial charge in [-0.2, -0.15) is 0 Å². The van der Waals surface area contributed by atoms with E-state index in [0.29, 0.717) is 0 Å². The first kappa shape index (κ1) is 11.1. The molecule has 2 rings (SSSR count). The van der Waals surface area contributed by atoms with Crippen LogP contribution in [0.5, 0.6) is 0 Å². The van der Waals surface area contributed by atoms with Gasteiger partial charge in [0.05, 0.1) is 13.2 Å². The fourth-order valence-electron chi connectivity index (χ4n) is 1.10. The Kier molecular flexibility index (Phi) is 5.19. The Morgan fingerprint density at radius 1 is 1.29 bits per heavy atom. The Balaban J connectivity index is 0.000000140. The Labute approximate surface area is 85.7 Å². The summed E-state index contributed by atoms with van der Waals surface area (Å²) in [4.78, 5) is 6.25. The number of rotatable bonds is 0. The van der Waals surface area contributed by atoms with Crippen molar-refractivity contribution >= 4 is 0 Å². The summed E-state index contributed by atoms with van der Waals surface area (Å²) >= 11 is 0. The topological polar surface area (TPSA) is 25.4 Å². The molecule has 0 spiro atoms. The van der Waals surface area contributed by atoms with Crippen molar-refractivity contribution < 1.29 is 4.74 Å². The Hall–Kier alpha value is -0.930. The van der Waals surface area contributed by atoms with E-state index in [2.05, 4.69) is 16.9 Å². The molecule has 1 saturated heterocycles. The van der Waals surface area contributed by atoms with Crippen molar-refractivity contribution in [3.63, 3.8) is 0 Å². The fourth-order valence-corrected chi connectivity index (χ4v) is 1.10. The maximum atomic E-state index is 5.10. The molecule has 0 amide bonds. The van der Waals surface area contributed by atoms with Gasteiger partial charge >= 0.3 is 0 Å². The van der Waals surface area contributed by atoms with E-state index in [1.807, 2.05) is 25.1 Å². The molecule has 1 fully saturated rings. The summed E-state index contributed by atoms with van der Waals surface area (Å²) in [5.74, 6) is 0. The molecule has 2 heterocycles. The van der Waals surface area contributed by atoms with Crippen molar-refractivity contribution in [2.45, 2.75) is 6.92 Å². The lowest BCUT2D eigenvalue weighted by atomic mass is 10.4. The third-order valence-electron chi connectivity index (χ3n) is 2.05. The van der Waals surface area contributed by atoms with Crippen LogP contribution in [-0.2, 0) is 4.74 Å². The number of aromatic nitrogens is 1. The third-order valence-corrected chi connectivity index (χ3v) is 2.05. The third kappa shape index (κ3) is 4.94. The fraction of sp³-hybridized carbons (Fsp3) is 0.545. The first-order valence-corrected chi connectivity index (χ1v) is 4.93. The molecule has 3 nitrogen and oxygen atoms in total. The van der Waals surface area contributed by atoms with Crippen LogP contribution in [-0.4, -0.2) is 43.2 Å². The van der Waals surface area contributed by atoms with Crippen molar-refractivity contribution in [2.75, 3.05) is 33.4 Å². The number of morpholine rings is 1. The zero-order valence-electron chi connectivity index (χ0n) is 8.94. The number of pyridine rings is 1. The van der Waals surface area contributed by atoms with Gasteiger partial charge in [-0.25, -0.2) is 0 Å². The van der Waals surface area contributed by atoms with Crippen LogP contribution in [0.4, 0.5) is 0 Å². The molecule has 0 aliphatic carbocycles. The van der Waals surface area contributed by atoms with Gasteiger partial charge in [-0.05, 0) is 26.1 Å². The van der Waals surface area contributed by atoms with Crippen molar-refractivity contribution in [1.82, 2.24) is 9.88 Å². The van der Waals surface area contributed by atoms with Gasteiger partial charge in [-0.3, -0.25) is 4.98 Å². The number of ether oxygens (including phenoxy) is 1. The zero-order chi connectivity index (χ0) is 10.2. The van der Waals surface area contributed by atoms with E-state index >= 15 is 0 Å². The van der Waals surface area contributed by atoms with Gasteiger partial charge in [-0.1, -0.05) is 6.07 Å². The molecule has 0 saturated carbocycles. The van der Waals surface area contributed by atoms with Gasteiger partial charge in [0.2, 0.25) is 0 Å². The second-order valence-corrected chi connectivity index (χ2v) is 3.39. The van der Waals surface area contributed by atoms with Crippen LogP contribution in [0.25, 0.3) is 0 Å². The lowest BCUT2D eigenvalue weighted by molar-refractivity contribution is 0.0503. The van der Waals surface area contributed by atoms with Crippen molar-refractivity contribution in [3.05, 3.63) is 30.1 Å². The maximum Gasteiger partial charge on any atom is 0.0594 e. The predicted molar refractivity (Wildman–Crippen MR) is 57.3 cm³/mol. The predicted octanol–water partition coefficient (Wildman–Crippen LogP) is 1.34. The van der Waals surface area contributed by atoms with Crippen molar-refractivity contribution in [1.29, 1.82) is 0 Å². The number of nitrogens with zero attached hydrogens (tertiary/aromatic N) is 2. The lowest BCUT2D eigenvalue weighted by Gasteiger charge is -2.21. The molecule has 1 aliphatic rings. The molecule has 0 atom stereocenters. The van der Waals surface area contributed by atoms with Gasteiger partial charge in [0, 0.05) is 25.0 Å². The molecule has 0 radical (unpaired) electrons. The van der Waals surface area contributed by atoms with E-state index in [0.717, 1.165) is 32.0 Å². The van der Waals surface area contributed by atoms with Crippen molar-refractivity contribution in [3.8, 4) is 0 Å². The van der Waals surface area contributed by atoms with Gasteiger partial charge in [-0.15, -0.1) is 0 Å². The number of aryl methyl sites for hydroxylation is 1. The Morgan fingerprint density at radius 3 is 2.29 bits per heavy atom. The van der Waals surface area contributed by atoms with E-state index in [4.69, 9.17) is 4.74 Å². The number of hydrogen-bond acceptors (Lipinski definition) is 3. The van der Waals surface area contributed by atoms with Gasteiger partial charge in [0.15, 0.2) is 0 Å². The molecule has 0 bridgehead atoms. The highest BCUT2D eigenvalue weighted by Crippen LogP contribution is 1.89. The molecule has 3 heteroatoms. The summed E-state index contributed by atoms with van der Waals surface area (Å²) in [5, 5.41) is 0. The van der Waals surface area contributed by atoms with E-state index < -0.39 is 0 Å². The summed E-state index contributed by atoms with van der Waals surface area (Å²) in [6, 6.07) is 5.86. The lowest BCUT2D eigenvalue weighted by Crippen LogP contribution is -2.32. The molecule has 1 aromatic rings. The monoisotopic (exact) mass is 194 g/mol. The van der Waals surface area contributed by atoms with E-state index in [1.165, 1.54) is 0 Å². The Morgan fingerprint density at radius 2 is 2.00 bits per heavy atom. The van der Waals surface area contributed by atoms with E-state index in [-0.39, 0.29) is 0 Å². The number of likely N-dealkylation sites (N-methyl/N-ethyl adjacent to an activating group) is 1. The van der Waals surface area contributed by atoms with Crippen LogP contribution in [0.1, 0.15) is 5.69 Å². The van der Waals surface area contributed by atoms with Crippen molar-refractivity contribution in [2.24, 2.45) is 0 Å². The normalized spacial score (nSPS) is 17.0. The molecule has 1 aromatic heterocycles. The Bertz CT molecular complexity index is 232. The maximum absolute atomic E-state index is 5.10. The standard InChI is InChI=1S/C6H7N.C5H11NO/c1-6-4-2-3-5-7-6;1-6-2-4-7-5-3-6/h2-5H,1H3;2-5H2,1H3. The van der Waals surface area contributed by atoms with Gasteiger partial charge in [0.1, 0.15) is 0 Å². The summed E-state index contributed by atoms with van der Waals surface area (Å²) in [6.45, 7) is 5.99. The SMILES string of the molecule is CN1CCOCC1.Cc1ccccn1. The van der Waals surface area contributed by atoms with E-state index in [9.17, 15) is 0 Å². The average molecular weight is 194 g/mol. The summed E-state index contributed by atoms with van der Waals surface area (Å²) in [5.41, 5.74) is 1.07. The summed E-state index contributed by atoms with van der Waals surface area (Å²) in [6.07, 6.45) is 1.79. The summed E-state index contributed by atoms with van der Waals surface area (Å²) < 4.78 is 5.10. The molecule has 78 valence electrons. The van der Waals surface area contributed by atoms with Crippen LogP contribution < -0.4 is 0 Å². The van der Waals surface area contributed by atoms with Crippen LogP contribution in [0, 0.1) is 6.92 Å². The minimum Gasteiger partial charge on any atom is -0.379 e. The minimum atomic E-state index is 0.913. The van der Waals surface area contributed by atoms with Crippen LogP contribution in [0.2, 0.25) is 0 Å². The molecular formula is C11H18N2O. The first-order valence-electron chi connectivity index (χ1n) is 4.93. The van der Waals surface area contributed by atoms with Crippen LogP contribution in [0.3, 0.4) is 0 Å². The highest BCUT2D eigenvalue weighted by molar-refractivity contribution is 4.99. The molecule has 0 aromatic carbocycles. The quantitative estimate of drug-likeness (QED) is 0.623. The summed E-state index contributed by atoms with van der Waals surface area (Å²) in [7, 11) is 2.11. The molecule has 14 heavy (non-hydrogen) atoms. The molecule has 0 unspecified atom stereocenters. The van der Waals surface area contributed by atoms with Gasteiger partial charge < -0.3 is 9.64 Å².